The van der Waals surface area contributed by atoms with E-state index in [1.165, 1.54) is 11.3 Å². The first-order chi connectivity index (χ1) is 8.86. The maximum atomic E-state index is 12.0. The number of carboxylic acids is 1. The second-order valence-electron chi connectivity index (χ2n) is 4.54. The number of halogens is 1. The first-order valence-electron chi connectivity index (χ1n) is 6.13. The summed E-state index contributed by atoms with van der Waals surface area (Å²) in [6.45, 7) is 5.73. The van der Waals surface area contributed by atoms with Gasteiger partial charge in [0, 0.05) is 6.54 Å². The summed E-state index contributed by atoms with van der Waals surface area (Å²) in [6.07, 6.45) is 0.985. The molecule has 1 aromatic heterocycles. The Bertz CT molecular complexity index is 461. The van der Waals surface area contributed by atoms with E-state index in [1.807, 2.05) is 20.8 Å². The van der Waals surface area contributed by atoms with Crippen LogP contribution in [-0.4, -0.2) is 23.5 Å². The molecule has 0 aromatic carbocycles. The van der Waals surface area contributed by atoms with Gasteiger partial charge in [-0.3, -0.25) is 9.59 Å². The highest BCUT2D eigenvalue weighted by Crippen LogP contribution is 2.28. The number of hydrogen-bond donors (Lipinski definition) is 2. The lowest BCUT2D eigenvalue weighted by atomic mass is 9.82. The van der Waals surface area contributed by atoms with E-state index in [4.69, 9.17) is 0 Å². The van der Waals surface area contributed by atoms with Crippen LogP contribution in [0.15, 0.2) is 9.85 Å². The summed E-state index contributed by atoms with van der Waals surface area (Å²) in [5.41, 5.74) is 0.129. The Balaban J connectivity index is 2.75. The molecular weight excluding hydrogens is 330 g/mol. The third kappa shape index (κ3) is 3.57. The molecule has 0 unspecified atom stereocenters. The lowest BCUT2D eigenvalue weighted by Crippen LogP contribution is -2.42. The molecule has 0 aliphatic rings. The molecule has 2 N–H and O–H groups in total. The summed E-state index contributed by atoms with van der Waals surface area (Å²) in [5, 5.41) is 12.0. The van der Waals surface area contributed by atoms with Gasteiger partial charge in [-0.2, -0.15) is 0 Å². The van der Waals surface area contributed by atoms with Crippen molar-refractivity contribution in [1.82, 2.24) is 5.32 Å². The van der Waals surface area contributed by atoms with Crippen molar-refractivity contribution in [3.8, 4) is 0 Å². The molecule has 0 atom stereocenters. The van der Waals surface area contributed by atoms with Gasteiger partial charge in [-0.05, 0) is 47.3 Å². The molecule has 106 valence electrons. The maximum Gasteiger partial charge on any atom is 0.311 e. The predicted octanol–water partition coefficient (Wildman–Crippen LogP) is 3.44. The van der Waals surface area contributed by atoms with Gasteiger partial charge in [-0.25, -0.2) is 0 Å². The first kappa shape index (κ1) is 16.2. The Labute approximate surface area is 125 Å². The Morgan fingerprint density at radius 1 is 1.42 bits per heavy atom. The van der Waals surface area contributed by atoms with E-state index in [1.54, 1.807) is 6.07 Å². The first-order valence-corrected chi connectivity index (χ1v) is 7.74. The molecule has 0 bridgehead atoms. The average molecular weight is 348 g/mol. The summed E-state index contributed by atoms with van der Waals surface area (Å²) in [5.74, 6) is -1.08. The monoisotopic (exact) mass is 347 g/mol. The highest BCUT2D eigenvalue weighted by Gasteiger charge is 2.35. The number of aliphatic carboxylic acids is 1. The van der Waals surface area contributed by atoms with Gasteiger partial charge in [-0.1, -0.05) is 13.8 Å². The number of amides is 1. The van der Waals surface area contributed by atoms with E-state index in [0.29, 0.717) is 17.7 Å². The molecule has 19 heavy (non-hydrogen) atoms. The van der Waals surface area contributed by atoms with Crippen LogP contribution in [0.1, 0.15) is 41.9 Å². The maximum absolute atomic E-state index is 12.0. The predicted molar refractivity (Wildman–Crippen MR) is 79.7 cm³/mol. The smallest absolute Gasteiger partial charge is 0.311 e. The summed E-state index contributed by atoms with van der Waals surface area (Å²) in [4.78, 5) is 23.9. The average Bonchev–Trinajstić information content (AvgIpc) is 2.71. The van der Waals surface area contributed by atoms with Crippen molar-refractivity contribution in [2.75, 3.05) is 6.54 Å². The van der Waals surface area contributed by atoms with Gasteiger partial charge in [0.05, 0.1) is 14.1 Å². The molecule has 1 heterocycles. The summed E-state index contributed by atoms with van der Waals surface area (Å²) in [6, 6.07) is 1.80. The molecule has 1 rings (SSSR count). The second kappa shape index (κ2) is 6.52. The third-order valence-electron chi connectivity index (χ3n) is 3.48. The highest BCUT2D eigenvalue weighted by atomic mass is 79.9. The fraction of sp³-hybridized carbons (Fsp3) is 0.538. The van der Waals surface area contributed by atoms with Gasteiger partial charge in [-0.15, -0.1) is 11.3 Å². The number of aryl methyl sites for hydroxylation is 1. The van der Waals surface area contributed by atoms with Crippen LogP contribution in [0.5, 0.6) is 0 Å². The van der Waals surface area contributed by atoms with Gasteiger partial charge in [0.1, 0.15) is 0 Å². The summed E-state index contributed by atoms with van der Waals surface area (Å²) in [7, 11) is 0. The standard InChI is InChI=1S/C13H18BrNO3S/c1-4-13(5-2,12(17)18)7-15-11(16)9-6-8(3)10(14)19-9/h6H,4-5,7H2,1-3H3,(H,15,16)(H,17,18). The zero-order valence-corrected chi connectivity index (χ0v) is 13.7. The van der Waals surface area contributed by atoms with E-state index in [2.05, 4.69) is 21.2 Å². The molecule has 0 spiro atoms. The minimum Gasteiger partial charge on any atom is -0.481 e. The molecular formula is C13H18BrNO3S. The van der Waals surface area contributed by atoms with Crippen LogP contribution in [-0.2, 0) is 4.79 Å². The highest BCUT2D eigenvalue weighted by molar-refractivity contribution is 9.11. The van der Waals surface area contributed by atoms with Crippen molar-refractivity contribution in [1.29, 1.82) is 0 Å². The zero-order chi connectivity index (χ0) is 14.6. The molecule has 4 nitrogen and oxygen atoms in total. The van der Waals surface area contributed by atoms with Crippen molar-refractivity contribution >= 4 is 39.1 Å². The van der Waals surface area contributed by atoms with Crippen LogP contribution >= 0.6 is 27.3 Å². The Kier molecular flexibility index (Phi) is 5.55. The fourth-order valence-electron chi connectivity index (χ4n) is 1.79. The van der Waals surface area contributed by atoms with Gasteiger partial charge >= 0.3 is 5.97 Å². The van der Waals surface area contributed by atoms with Crippen LogP contribution in [0.3, 0.4) is 0 Å². The fourth-order valence-corrected chi connectivity index (χ4v) is 3.24. The Hall–Kier alpha value is -0.880. The topological polar surface area (TPSA) is 66.4 Å². The molecule has 0 fully saturated rings. The number of carbonyl (C=O) groups excluding carboxylic acids is 1. The third-order valence-corrected chi connectivity index (χ3v) is 5.61. The molecule has 6 heteroatoms. The lowest BCUT2D eigenvalue weighted by Gasteiger charge is -2.26. The molecule has 1 aromatic rings. The van der Waals surface area contributed by atoms with Crippen molar-refractivity contribution < 1.29 is 14.7 Å². The van der Waals surface area contributed by atoms with Crippen LogP contribution in [0.2, 0.25) is 0 Å². The normalized spacial score (nSPS) is 11.4. The molecule has 0 saturated heterocycles. The molecule has 0 radical (unpaired) electrons. The van der Waals surface area contributed by atoms with E-state index < -0.39 is 11.4 Å². The minimum absolute atomic E-state index is 0.155. The van der Waals surface area contributed by atoms with E-state index in [9.17, 15) is 14.7 Å². The molecule has 0 aliphatic heterocycles. The Morgan fingerprint density at radius 3 is 2.37 bits per heavy atom. The molecule has 0 saturated carbocycles. The number of carbonyl (C=O) groups is 2. The minimum atomic E-state index is -0.876. The number of rotatable bonds is 6. The van der Waals surface area contributed by atoms with Crippen molar-refractivity contribution in [3.05, 3.63) is 20.3 Å². The van der Waals surface area contributed by atoms with Crippen molar-refractivity contribution in [3.63, 3.8) is 0 Å². The number of hydrogen-bond acceptors (Lipinski definition) is 3. The zero-order valence-electron chi connectivity index (χ0n) is 11.2. The van der Waals surface area contributed by atoms with Crippen LogP contribution in [0, 0.1) is 12.3 Å². The SMILES string of the molecule is CCC(CC)(CNC(=O)c1cc(C)c(Br)s1)C(=O)O. The number of thiophene rings is 1. The molecule has 1 amide bonds. The van der Waals surface area contributed by atoms with Crippen molar-refractivity contribution in [2.45, 2.75) is 33.6 Å². The Morgan fingerprint density at radius 2 is 2.00 bits per heavy atom. The number of carboxylic acid groups (broad SMARTS) is 1. The van der Waals surface area contributed by atoms with Gasteiger partial charge < -0.3 is 10.4 Å². The van der Waals surface area contributed by atoms with Crippen LogP contribution in [0.25, 0.3) is 0 Å². The van der Waals surface area contributed by atoms with Gasteiger partial charge in [0.25, 0.3) is 5.91 Å². The van der Waals surface area contributed by atoms with Gasteiger partial charge in [0.2, 0.25) is 0 Å². The van der Waals surface area contributed by atoms with Crippen molar-refractivity contribution in [2.24, 2.45) is 5.41 Å². The van der Waals surface area contributed by atoms with E-state index in [-0.39, 0.29) is 12.5 Å². The van der Waals surface area contributed by atoms with Gasteiger partial charge in [0.15, 0.2) is 0 Å². The summed E-state index contributed by atoms with van der Waals surface area (Å²) >= 11 is 4.72. The van der Waals surface area contributed by atoms with Crippen LogP contribution in [0.4, 0.5) is 0 Å². The lowest BCUT2D eigenvalue weighted by molar-refractivity contribution is -0.149. The second-order valence-corrected chi connectivity index (χ2v) is 6.91. The summed E-state index contributed by atoms with van der Waals surface area (Å²) < 4.78 is 0.924. The number of nitrogens with one attached hydrogen (secondary N) is 1. The van der Waals surface area contributed by atoms with Crippen LogP contribution < -0.4 is 5.32 Å². The van der Waals surface area contributed by atoms with E-state index >= 15 is 0 Å². The van der Waals surface area contributed by atoms with E-state index in [0.717, 1.165) is 9.35 Å². The quantitative estimate of drug-likeness (QED) is 0.828. The molecule has 0 aliphatic carbocycles. The largest absolute Gasteiger partial charge is 0.481 e.